The fraction of sp³-hybridized carbons (Fsp3) is 0.939. The number of ether oxygens (including phenoxy) is 10. The van der Waals surface area contributed by atoms with E-state index < -0.39 is 11.9 Å². The first-order valence-electron chi connectivity index (χ1n) is 17.0. The summed E-state index contributed by atoms with van der Waals surface area (Å²) in [6.07, 6.45) is 13.6. The highest BCUT2D eigenvalue weighted by atomic mass is 16.6. The zero-order valence-corrected chi connectivity index (χ0v) is 28.4. The molecule has 2 rings (SSSR count). The summed E-state index contributed by atoms with van der Waals surface area (Å²) in [5, 5.41) is 0. The van der Waals surface area contributed by atoms with Gasteiger partial charge >= 0.3 is 11.9 Å². The van der Waals surface area contributed by atoms with Crippen LogP contribution in [0.25, 0.3) is 0 Å². The fourth-order valence-electron chi connectivity index (χ4n) is 3.95. The van der Waals surface area contributed by atoms with Gasteiger partial charge in [-0.15, -0.1) is 0 Å². The number of rotatable bonds is 14. The van der Waals surface area contributed by atoms with Gasteiger partial charge in [0, 0.05) is 0 Å². The average molecular weight is 653 g/mol. The molecule has 2 aliphatic heterocycles. The Morgan fingerprint density at radius 3 is 0.956 bits per heavy atom. The van der Waals surface area contributed by atoms with Gasteiger partial charge in [0.25, 0.3) is 0 Å². The first-order chi connectivity index (χ1) is 22.2. The van der Waals surface area contributed by atoms with Gasteiger partial charge in [-0.05, 0) is 6.42 Å². The van der Waals surface area contributed by atoms with Crippen molar-refractivity contribution >= 4 is 11.9 Å². The van der Waals surface area contributed by atoms with Crippen LogP contribution in [0, 0.1) is 0 Å². The van der Waals surface area contributed by atoms with E-state index in [2.05, 4.69) is 11.7 Å². The number of unbranched alkanes of at least 4 members (excludes halogenated alkanes) is 10. The topological polar surface area (TPSA) is 126 Å². The van der Waals surface area contributed by atoms with Crippen LogP contribution in [0.4, 0.5) is 0 Å². The highest BCUT2D eigenvalue weighted by Crippen LogP contribution is 2.11. The molecule has 12 nitrogen and oxygen atoms in total. The van der Waals surface area contributed by atoms with Crippen molar-refractivity contribution in [3.8, 4) is 0 Å². The van der Waals surface area contributed by atoms with Crippen molar-refractivity contribution < 1.29 is 57.0 Å². The lowest BCUT2D eigenvalue weighted by Crippen LogP contribution is -2.16. The van der Waals surface area contributed by atoms with Crippen LogP contribution < -0.4 is 0 Å². The van der Waals surface area contributed by atoms with Crippen LogP contribution in [0.15, 0.2) is 0 Å². The zero-order valence-electron chi connectivity index (χ0n) is 28.4. The molecule has 0 spiro atoms. The van der Waals surface area contributed by atoms with E-state index in [-0.39, 0.29) is 6.42 Å². The van der Waals surface area contributed by atoms with Crippen LogP contribution in [-0.2, 0) is 57.0 Å². The summed E-state index contributed by atoms with van der Waals surface area (Å²) in [5.74, 6) is -1.03. The molecule has 0 bridgehead atoms. The molecular weight excluding hydrogens is 588 g/mol. The molecule has 45 heavy (non-hydrogen) atoms. The van der Waals surface area contributed by atoms with Gasteiger partial charge in [-0.1, -0.05) is 71.1 Å². The van der Waals surface area contributed by atoms with Crippen molar-refractivity contribution in [3.63, 3.8) is 0 Å². The molecule has 0 radical (unpaired) electrons. The minimum absolute atomic E-state index is 0.283. The van der Waals surface area contributed by atoms with Crippen LogP contribution in [0.3, 0.4) is 0 Å². The average Bonchev–Trinajstić information content (AvgIpc) is 3.03. The predicted octanol–water partition coefficient (Wildman–Crippen LogP) is 4.54. The summed E-state index contributed by atoms with van der Waals surface area (Å²) in [7, 11) is 1.26. The maximum Gasteiger partial charge on any atom is 0.317 e. The van der Waals surface area contributed by atoms with Crippen molar-refractivity contribution in [2.75, 3.05) is 119 Å². The van der Waals surface area contributed by atoms with Gasteiger partial charge in [0.1, 0.15) is 6.42 Å². The number of carbonyl (C=O) groups is 2. The van der Waals surface area contributed by atoms with Crippen LogP contribution in [0.2, 0.25) is 0 Å². The van der Waals surface area contributed by atoms with Crippen LogP contribution in [0.1, 0.15) is 84.0 Å². The summed E-state index contributed by atoms with van der Waals surface area (Å²) in [4.78, 5) is 22.0. The Kier molecular flexibility index (Phi) is 37.6. The van der Waals surface area contributed by atoms with Crippen LogP contribution in [-0.4, -0.2) is 131 Å². The third-order valence-corrected chi connectivity index (χ3v) is 6.50. The Hall–Kier alpha value is -1.38. The summed E-state index contributed by atoms with van der Waals surface area (Å²) in [6.45, 7) is 12.9. The van der Waals surface area contributed by atoms with Crippen molar-refractivity contribution in [1.82, 2.24) is 0 Å². The third kappa shape index (κ3) is 38.7. The quantitative estimate of drug-likeness (QED) is 0.149. The van der Waals surface area contributed by atoms with Gasteiger partial charge in [-0.2, -0.15) is 0 Å². The Balaban J connectivity index is 0.000000687. The largest absolute Gasteiger partial charge is 0.469 e. The predicted molar refractivity (Wildman–Crippen MR) is 171 cm³/mol. The first-order valence-corrected chi connectivity index (χ1v) is 17.0. The first kappa shape index (κ1) is 43.6. The molecule has 0 aromatic heterocycles. The minimum Gasteiger partial charge on any atom is -0.469 e. The van der Waals surface area contributed by atoms with Gasteiger partial charge in [0.15, 0.2) is 0 Å². The number of methoxy groups -OCH3 is 1. The summed E-state index contributed by atoms with van der Waals surface area (Å²) >= 11 is 0. The summed E-state index contributed by atoms with van der Waals surface area (Å²) < 4.78 is 51.1. The Bertz CT molecular complexity index is 498. The van der Waals surface area contributed by atoms with E-state index in [1.54, 1.807) is 0 Å². The number of hydrogen-bond donors (Lipinski definition) is 0. The van der Waals surface area contributed by atoms with E-state index >= 15 is 0 Å². The van der Waals surface area contributed by atoms with Gasteiger partial charge in [-0.3, -0.25) is 9.59 Å². The molecule has 0 aromatic carbocycles. The van der Waals surface area contributed by atoms with E-state index in [9.17, 15) is 9.59 Å². The molecule has 0 aliphatic carbocycles. The lowest BCUT2D eigenvalue weighted by Gasteiger charge is -2.09. The molecule has 0 amide bonds. The molecule has 2 saturated heterocycles. The molecule has 2 fully saturated rings. The maximum absolute atomic E-state index is 11.2. The molecule has 0 unspecified atom stereocenters. The second-order valence-corrected chi connectivity index (χ2v) is 10.4. The number of carbonyl (C=O) groups excluding carboxylic acids is 2. The number of hydrogen-bond acceptors (Lipinski definition) is 12. The third-order valence-electron chi connectivity index (χ3n) is 6.50. The second kappa shape index (κ2) is 38.8. The highest BCUT2D eigenvalue weighted by molar-refractivity contribution is 5.91. The monoisotopic (exact) mass is 652 g/mol. The van der Waals surface area contributed by atoms with E-state index in [0.717, 1.165) is 12.8 Å². The molecule has 2 aliphatic rings. The standard InChI is InChI=1S/C17H32O4.2C8H16O4/c1-3-4-5-6-7-8-9-10-11-12-13-14-21-17(19)15-16(18)20-2;2*1-2-10-5-6-12-8-7-11-4-3-9-1/h3-15H2,1-2H3;2*1-8H2. The van der Waals surface area contributed by atoms with Gasteiger partial charge in [0.05, 0.1) is 119 Å². The summed E-state index contributed by atoms with van der Waals surface area (Å²) in [6, 6.07) is 0. The lowest BCUT2D eigenvalue weighted by atomic mass is 10.1. The van der Waals surface area contributed by atoms with E-state index in [1.807, 2.05) is 0 Å². The Morgan fingerprint density at radius 2 is 0.689 bits per heavy atom. The van der Waals surface area contributed by atoms with E-state index in [0.29, 0.717) is 112 Å². The molecule has 0 atom stereocenters. The van der Waals surface area contributed by atoms with Crippen molar-refractivity contribution in [3.05, 3.63) is 0 Å². The SMILES string of the molecule is C1COCCOCCOCCO1.C1COCCOCCOCCO1.CCCCCCCCCCCCCOC(=O)CC(=O)OC. The second-order valence-electron chi connectivity index (χ2n) is 10.4. The molecule has 0 aromatic rings. The van der Waals surface area contributed by atoms with E-state index in [1.165, 1.54) is 64.9 Å². The molecular formula is C33H64O12. The fourth-order valence-corrected chi connectivity index (χ4v) is 3.95. The Labute approximate surface area is 272 Å². The highest BCUT2D eigenvalue weighted by Gasteiger charge is 2.09. The number of esters is 2. The maximum atomic E-state index is 11.2. The van der Waals surface area contributed by atoms with E-state index in [4.69, 9.17) is 42.6 Å². The minimum atomic E-state index is -0.543. The van der Waals surface area contributed by atoms with Gasteiger partial charge in [-0.25, -0.2) is 0 Å². The molecule has 268 valence electrons. The molecule has 2 heterocycles. The van der Waals surface area contributed by atoms with Crippen molar-refractivity contribution in [2.45, 2.75) is 84.0 Å². The normalized spacial score (nSPS) is 17.6. The lowest BCUT2D eigenvalue weighted by molar-refractivity contribution is -0.153. The van der Waals surface area contributed by atoms with Crippen molar-refractivity contribution in [2.24, 2.45) is 0 Å². The van der Waals surface area contributed by atoms with Crippen molar-refractivity contribution in [1.29, 1.82) is 0 Å². The van der Waals surface area contributed by atoms with Gasteiger partial charge < -0.3 is 47.4 Å². The Morgan fingerprint density at radius 1 is 0.422 bits per heavy atom. The molecule has 0 saturated carbocycles. The zero-order chi connectivity index (χ0) is 32.7. The van der Waals surface area contributed by atoms with Crippen LogP contribution >= 0.6 is 0 Å². The summed E-state index contributed by atoms with van der Waals surface area (Å²) in [5.41, 5.74) is 0. The van der Waals surface area contributed by atoms with Crippen LogP contribution in [0.5, 0.6) is 0 Å². The molecule has 0 N–H and O–H groups in total. The molecule has 12 heteroatoms. The smallest absolute Gasteiger partial charge is 0.317 e. The van der Waals surface area contributed by atoms with Gasteiger partial charge in [0.2, 0.25) is 0 Å².